The van der Waals surface area contributed by atoms with Crippen LogP contribution in [0.1, 0.15) is 50.4 Å². The third-order valence-corrected chi connectivity index (χ3v) is 5.89. The molecular weight excluding hydrogens is 288 g/mol. The largest absolute Gasteiger partial charge is 0.340 e. The van der Waals surface area contributed by atoms with Crippen molar-refractivity contribution >= 4 is 5.91 Å². The van der Waals surface area contributed by atoms with Gasteiger partial charge in [0.25, 0.3) is 0 Å². The normalized spacial score (nSPS) is 26.4. The van der Waals surface area contributed by atoms with Crippen LogP contribution in [-0.2, 0) is 11.2 Å². The summed E-state index contributed by atoms with van der Waals surface area (Å²) in [7, 11) is 0. The number of carbonyl (C=O) groups is 1. The van der Waals surface area contributed by atoms with Crippen molar-refractivity contribution in [2.45, 2.75) is 51.0 Å². The van der Waals surface area contributed by atoms with E-state index in [2.05, 4.69) is 19.4 Å². The van der Waals surface area contributed by atoms with Gasteiger partial charge in [-0.3, -0.25) is 4.79 Å². The predicted molar refractivity (Wildman–Crippen MR) is 89.2 cm³/mol. The summed E-state index contributed by atoms with van der Waals surface area (Å²) >= 11 is 0. The van der Waals surface area contributed by atoms with Crippen LogP contribution in [0.2, 0.25) is 0 Å². The quantitative estimate of drug-likeness (QED) is 0.857. The smallest absolute Gasteiger partial charge is 0.245 e. The zero-order valence-electron chi connectivity index (χ0n) is 14.0. The number of hydrogen-bond donors (Lipinski definition) is 0. The van der Waals surface area contributed by atoms with E-state index in [0.29, 0.717) is 5.91 Å². The number of imidazole rings is 1. The number of carbonyl (C=O) groups excluding carboxylic acids is 1. The molecule has 5 nitrogen and oxygen atoms in total. The molecule has 23 heavy (non-hydrogen) atoms. The molecule has 3 aliphatic rings. The first kappa shape index (κ1) is 15.2. The molecule has 0 aromatic carbocycles. The highest BCUT2D eigenvalue weighted by Crippen LogP contribution is 2.28. The van der Waals surface area contributed by atoms with E-state index < -0.39 is 0 Å². The van der Waals surface area contributed by atoms with Gasteiger partial charge in [-0.25, -0.2) is 4.98 Å². The van der Waals surface area contributed by atoms with Gasteiger partial charge in [-0.15, -0.1) is 0 Å². The van der Waals surface area contributed by atoms with E-state index in [4.69, 9.17) is 0 Å². The van der Waals surface area contributed by atoms with Crippen molar-refractivity contribution in [1.29, 1.82) is 0 Å². The lowest BCUT2D eigenvalue weighted by Gasteiger charge is -2.32. The van der Waals surface area contributed by atoms with Gasteiger partial charge in [-0.05, 0) is 44.6 Å². The Labute approximate surface area is 138 Å². The summed E-state index contributed by atoms with van der Waals surface area (Å²) in [5.74, 6) is 2.31. The monoisotopic (exact) mass is 316 g/mol. The average Bonchev–Trinajstić information content (AvgIpc) is 2.88. The van der Waals surface area contributed by atoms with Gasteiger partial charge in [0.1, 0.15) is 11.9 Å². The van der Waals surface area contributed by atoms with E-state index >= 15 is 0 Å². The maximum atomic E-state index is 13.0. The van der Waals surface area contributed by atoms with Gasteiger partial charge in [-0.1, -0.05) is 6.42 Å². The molecule has 5 heteroatoms. The number of aromatic nitrogens is 2. The first-order chi connectivity index (χ1) is 11.3. The molecule has 1 amide bonds. The van der Waals surface area contributed by atoms with Gasteiger partial charge in [-0.2, -0.15) is 0 Å². The third kappa shape index (κ3) is 3.16. The van der Waals surface area contributed by atoms with Gasteiger partial charge >= 0.3 is 0 Å². The van der Waals surface area contributed by atoms with E-state index in [9.17, 15) is 4.79 Å². The minimum atomic E-state index is -0.0144. The molecule has 1 aromatic heterocycles. The van der Waals surface area contributed by atoms with Gasteiger partial charge in [0.05, 0.1) is 0 Å². The van der Waals surface area contributed by atoms with Crippen LogP contribution in [-0.4, -0.2) is 58.0 Å². The molecule has 2 fully saturated rings. The summed E-state index contributed by atoms with van der Waals surface area (Å²) < 4.78 is 2.11. The van der Waals surface area contributed by atoms with Gasteiger partial charge in [0.2, 0.25) is 5.91 Å². The maximum absolute atomic E-state index is 13.0. The summed E-state index contributed by atoms with van der Waals surface area (Å²) in [6.45, 7) is 5.26. The molecule has 1 aliphatic carbocycles. The lowest BCUT2D eigenvalue weighted by Crippen LogP contribution is -2.41. The standard InChI is InChI=1S/C18H28N4O/c23-18(16-6-2-7-17-19-8-11-22(16)17)21-10-3-9-20(12-13-21)14-15-4-1-5-15/h8,11,15-16H,1-7,9-10,12-14H2. The second kappa shape index (κ2) is 6.63. The molecule has 1 saturated heterocycles. The van der Waals surface area contributed by atoms with Gasteiger partial charge < -0.3 is 14.4 Å². The maximum Gasteiger partial charge on any atom is 0.245 e. The Kier molecular flexibility index (Phi) is 4.38. The predicted octanol–water partition coefficient (Wildman–Crippen LogP) is 2.09. The van der Waals surface area contributed by atoms with Crippen LogP contribution in [0.3, 0.4) is 0 Å². The van der Waals surface area contributed by atoms with Crippen LogP contribution in [0.5, 0.6) is 0 Å². The topological polar surface area (TPSA) is 41.4 Å². The van der Waals surface area contributed by atoms with E-state index in [1.165, 1.54) is 25.8 Å². The summed E-state index contributed by atoms with van der Waals surface area (Å²) in [5.41, 5.74) is 0. The van der Waals surface area contributed by atoms with Gasteiger partial charge in [0.15, 0.2) is 0 Å². The zero-order valence-corrected chi connectivity index (χ0v) is 14.0. The first-order valence-electron chi connectivity index (χ1n) is 9.34. The fourth-order valence-electron chi connectivity index (χ4n) is 4.28. The Morgan fingerprint density at radius 3 is 2.83 bits per heavy atom. The highest BCUT2D eigenvalue weighted by molar-refractivity contribution is 5.80. The fourth-order valence-corrected chi connectivity index (χ4v) is 4.28. The number of amides is 1. The molecule has 0 N–H and O–H groups in total. The molecule has 0 bridgehead atoms. The summed E-state index contributed by atoms with van der Waals surface area (Å²) in [5, 5.41) is 0. The second-order valence-electron chi connectivity index (χ2n) is 7.44. The lowest BCUT2D eigenvalue weighted by atomic mass is 9.85. The molecule has 0 spiro atoms. The minimum absolute atomic E-state index is 0.0144. The molecule has 4 rings (SSSR count). The van der Waals surface area contributed by atoms with Crippen LogP contribution in [0.4, 0.5) is 0 Å². The number of fused-ring (bicyclic) bond motifs is 1. The highest BCUT2D eigenvalue weighted by Gasteiger charge is 2.31. The average molecular weight is 316 g/mol. The Morgan fingerprint density at radius 1 is 1.09 bits per heavy atom. The first-order valence-corrected chi connectivity index (χ1v) is 9.34. The number of rotatable bonds is 3. The van der Waals surface area contributed by atoms with Crippen molar-refractivity contribution in [1.82, 2.24) is 19.4 Å². The molecule has 1 atom stereocenters. The number of nitrogens with zero attached hydrogens (tertiary/aromatic N) is 4. The Bertz CT molecular complexity index is 551. The zero-order chi connectivity index (χ0) is 15.6. The van der Waals surface area contributed by atoms with Crippen molar-refractivity contribution in [2.75, 3.05) is 32.7 Å². The highest BCUT2D eigenvalue weighted by atomic mass is 16.2. The van der Waals surface area contributed by atoms with Crippen molar-refractivity contribution in [2.24, 2.45) is 5.92 Å². The molecule has 0 radical (unpaired) electrons. The Hall–Kier alpha value is -1.36. The summed E-state index contributed by atoms with van der Waals surface area (Å²) in [6, 6.07) is -0.0144. The molecule has 2 aliphatic heterocycles. The molecule has 1 unspecified atom stereocenters. The number of aryl methyl sites for hydroxylation is 1. The fraction of sp³-hybridized carbons (Fsp3) is 0.778. The van der Waals surface area contributed by atoms with Gasteiger partial charge in [0, 0.05) is 45.0 Å². The summed E-state index contributed by atoms with van der Waals surface area (Å²) in [6.07, 6.45) is 12.2. The van der Waals surface area contributed by atoms with Crippen LogP contribution in [0.25, 0.3) is 0 Å². The number of hydrogen-bond acceptors (Lipinski definition) is 3. The summed E-state index contributed by atoms with van der Waals surface area (Å²) in [4.78, 5) is 22.1. The van der Waals surface area contributed by atoms with Crippen molar-refractivity contribution in [3.05, 3.63) is 18.2 Å². The molecule has 3 heterocycles. The Morgan fingerprint density at radius 2 is 2.00 bits per heavy atom. The van der Waals surface area contributed by atoms with Crippen LogP contribution >= 0.6 is 0 Å². The van der Waals surface area contributed by atoms with Crippen LogP contribution in [0, 0.1) is 5.92 Å². The van der Waals surface area contributed by atoms with Crippen LogP contribution < -0.4 is 0 Å². The van der Waals surface area contributed by atoms with Crippen molar-refractivity contribution < 1.29 is 4.79 Å². The molecular formula is C18H28N4O. The SMILES string of the molecule is O=C(C1CCCc2nccn21)N1CCCN(CC2CCC2)CC1. The van der Waals surface area contributed by atoms with E-state index in [1.807, 2.05) is 12.4 Å². The molecule has 1 aromatic rings. The van der Waals surface area contributed by atoms with E-state index in [0.717, 1.165) is 63.6 Å². The lowest BCUT2D eigenvalue weighted by molar-refractivity contribution is -0.135. The third-order valence-electron chi connectivity index (χ3n) is 5.89. The van der Waals surface area contributed by atoms with Crippen molar-refractivity contribution in [3.8, 4) is 0 Å². The molecule has 1 saturated carbocycles. The van der Waals surface area contributed by atoms with Crippen molar-refractivity contribution in [3.63, 3.8) is 0 Å². The second-order valence-corrected chi connectivity index (χ2v) is 7.44. The van der Waals surface area contributed by atoms with E-state index in [-0.39, 0.29) is 6.04 Å². The Balaban J connectivity index is 1.37. The van der Waals surface area contributed by atoms with Crippen LogP contribution in [0.15, 0.2) is 12.4 Å². The van der Waals surface area contributed by atoms with E-state index in [1.54, 1.807) is 0 Å². The minimum Gasteiger partial charge on any atom is -0.340 e. The molecule has 126 valence electrons.